The number of rotatable bonds is 3. The van der Waals surface area contributed by atoms with Crippen LogP contribution >= 0.6 is 0 Å². The summed E-state index contributed by atoms with van der Waals surface area (Å²) in [5, 5.41) is 0. The van der Waals surface area contributed by atoms with Crippen LogP contribution in [0.4, 0.5) is 5.69 Å². The lowest BCUT2D eigenvalue weighted by atomic mass is 10.1. The van der Waals surface area contributed by atoms with Gasteiger partial charge in [0.05, 0.1) is 0 Å². The second-order valence-corrected chi connectivity index (χ2v) is 4.44. The average molecular weight is 216 g/mol. The first-order valence-electron chi connectivity index (χ1n) is 6.02. The van der Waals surface area contributed by atoms with Gasteiger partial charge in [-0.15, -0.1) is 0 Å². The van der Waals surface area contributed by atoms with Gasteiger partial charge in [0.25, 0.3) is 0 Å². The molecule has 0 aliphatic carbocycles. The van der Waals surface area contributed by atoms with E-state index in [1.165, 1.54) is 23.2 Å². The Kier molecular flexibility index (Phi) is 3.30. The number of hydrogen-bond donors (Lipinski definition) is 1. The van der Waals surface area contributed by atoms with Gasteiger partial charge in [-0.3, -0.25) is 0 Å². The first kappa shape index (κ1) is 11.2. The molecule has 0 saturated heterocycles. The fourth-order valence-corrected chi connectivity index (χ4v) is 2.19. The predicted octanol–water partition coefficient (Wildman–Crippen LogP) is 2.43. The van der Waals surface area contributed by atoms with Crippen LogP contribution in [0, 0.1) is 0 Å². The molecule has 0 spiro atoms. The van der Waals surface area contributed by atoms with Crippen molar-refractivity contribution in [3.05, 3.63) is 35.4 Å². The quantitative estimate of drug-likeness (QED) is 0.841. The fourth-order valence-electron chi connectivity index (χ4n) is 2.19. The standard InChI is InChI=1S/C14H20N2/c1-3-16-9-8-13-10-12(5-4-11(2)15)6-7-14(13)16/h4-7,10-11H,3,8-9,15H2,1-2H3/b5-4+. The van der Waals surface area contributed by atoms with Gasteiger partial charge in [0, 0.05) is 24.8 Å². The van der Waals surface area contributed by atoms with Crippen molar-refractivity contribution in [1.82, 2.24) is 0 Å². The summed E-state index contributed by atoms with van der Waals surface area (Å²) in [5.41, 5.74) is 9.83. The topological polar surface area (TPSA) is 29.3 Å². The molecule has 2 rings (SSSR count). The summed E-state index contributed by atoms with van der Waals surface area (Å²) < 4.78 is 0. The van der Waals surface area contributed by atoms with Gasteiger partial charge in [0.15, 0.2) is 0 Å². The van der Waals surface area contributed by atoms with Gasteiger partial charge in [-0.05, 0) is 43.5 Å². The van der Waals surface area contributed by atoms with Gasteiger partial charge >= 0.3 is 0 Å². The smallest absolute Gasteiger partial charge is 0.0399 e. The van der Waals surface area contributed by atoms with E-state index >= 15 is 0 Å². The molecule has 1 atom stereocenters. The molecule has 0 aromatic heterocycles. The van der Waals surface area contributed by atoms with E-state index in [4.69, 9.17) is 5.73 Å². The van der Waals surface area contributed by atoms with Crippen molar-refractivity contribution in [2.75, 3.05) is 18.0 Å². The number of nitrogens with two attached hydrogens (primary N) is 1. The summed E-state index contributed by atoms with van der Waals surface area (Å²) >= 11 is 0. The molecule has 2 nitrogen and oxygen atoms in total. The van der Waals surface area contributed by atoms with Crippen LogP contribution in [0.15, 0.2) is 24.3 Å². The van der Waals surface area contributed by atoms with E-state index in [0.717, 1.165) is 13.1 Å². The van der Waals surface area contributed by atoms with Crippen LogP contribution < -0.4 is 10.6 Å². The van der Waals surface area contributed by atoms with E-state index in [-0.39, 0.29) is 6.04 Å². The molecule has 0 amide bonds. The zero-order valence-corrected chi connectivity index (χ0v) is 10.1. The number of nitrogens with zero attached hydrogens (tertiary/aromatic N) is 1. The molecular weight excluding hydrogens is 196 g/mol. The van der Waals surface area contributed by atoms with Gasteiger partial charge in [-0.1, -0.05) is 18.2 Å². The molecule has 1 unspecified atom stereocenters. The molecule has 2 N–H and O–H groups in total. The van der Waals surface area contributed by atoms with Gasteiger partial charge in [-0.2, -0.15) is 0 Å². The molecule has 1 aliphatic rings. The Labute approximate surface area is 97.8 Å². The Bertz CT molecular complexity index is 394. The van der Waals surface area contributed by atoms with Crippen LogP contribution in [0.2, 0.25) is 0 Å². The Morgan fingerprint density at radius 3 is 3.00 bits per heavy atom. The van der Waals surface area contributed by atoms with E-state index in [9.17, 15) is 0 Å². The predicted molar refractivity (Wildman–Crippen MR) is 70.7 cm³/mol. The van der Waals surface area contributed by atoms with Crippen LogP contribution in [0.1, 0.15) is 25.0 Å². The van der Waals surface area contributed by atoms with Crippen LogP contribution in [0.25, 0.3) is 6.08 Å². The maximum Gasteiger partial charge on any atom is 0.0399 e. The highest BCUT2D eigenvalue weighted by Crippen LogP contribution is 2.28. The van der Waals surface area contributed by atoms with Crippen molar-refractivity contribution < 1.29 is 0 Å². The van der Waals surface area contributed by atoms with E-state index in [0.29, 0.717) is 0 Å². The summed E-state index contributed by atoms with van der Waals surface area (Å²) in [6, 6.07) is 6.81. The van der Waals surface area contributed by atoms with E-state index in [1.54, 1.807) is 0 Å². The average Bonchev–Trinajstić information content (AvgIpc) is 2.68. The van der Waals surface area contributed by atoms with Crippen LogP contribution in [0.3, 0.4) is 0 Å². The van der Waals surface area contributed by atoms with E-state index < -0.39 is 0 Å². The minimum Gasteiger partial charge on any atom is -0.371 e. The zero-order chi connectivity index (χ0) is 11.5. The highest BCUT2D eigenvalue weighted by Gasteiger charge is 2.16. The molecule has 0 radical (unpaired) electrons. The van der Waals surface area contributed by atoms with Crippen molar-refractivity contribution in [1.29, 1.82) is 0 Å². The number of likely N-dealkylation sites (N-methyl/N-ethyl adjacent to an activating group) is 1. The molecule has 86 valence electrons. The number of hydrogen-bond acceptors (Lipinski definition) is 2. The maximum atomic E-state index is 5.70. The minimum absolute atomic E-state index is 0.125. The van der Waals surface area contributed by atoms with Crippen molar-refractivity contribution in [2.24, 2.45) is 5.73 Å². The summed E-state index contributed by atoms with van der Waals surface area (Å²) in [7, 11) is 0. The molecule has 1 aliphatic heterocycles. The Balaban J connectivity index is 2.21. The second kappa shape index (κ2) is 4.71. The normalized spacial score (nSPS) is 16.8. The summed E-state index contributed by atoms with van der Waals surface area (Å²) in [4.78, 5) is 2.42. The summed E-state index contributed by atoms with van der Waals surface area (Å²) in [6.07, 6.45) is 5.32. The van der Waals surface area contributed by atoms with Crippen molar-refractivity contribution >= 4 is 11.8 Å². The molecule has 1 aromatic carbocycles. The first-order valence-corrected chi connectivity index (χ1v) is 6.02. The number of anilines is 1. The van der Waals surface area contributed by atoms with Gasteiger partial charge in [-0.25, -0.2) is 0 Å². The van der Waals surface area contributed by atoms with Crippen molar-refractivity contribution in [2.45, 2.75) is 26.3 Å². The van der Waals surface area contributed by atoms with Crippen molar-refractivity contribution in [3.8, 4) is 0 Å². The molecule has 16 heavy (non-hydrogen) atoms. The lowest BCUT2D eigenvalue weighted by Crippen LogP contribution is -2.18. The Morgan fingerprint density at radius 2 is 2.31 bits per heavy atom. The molecule has 1 aromatic rings. The van der Waals surface area contributed by atoms with Crippen LogP contribution in [-0.4, -0.2) is 19.1 Å². The number of fused-ring (bicyclic) bond motifs is 1. The van der Waals surface area contributed by atoms with Gasteiger partial charge < -0.3 is 10.6 Å². The molecular formula is C14H20N2. The maximum absolute atomic E-state index is 5.70. The molecule has 1 heterocycles. The summed E-state index contributed by atoms with van der Waals surface area (Å²) in [5.74, 6) is 0. The fraction of sp³-hybridized carbons (Fsp3) is 0.429. The third kappa shape index (κ3) is 2.27. The third-order valence-corrected chi connectivity index (χ3v) is 3.07. The van der Waals surface area contributed by atoms with Gasteiger partial charge in [0.1, 0.15) is 0 Å². The third-order valence-electron chi connectivity index (χ3n) is 3.07. The van der Waals surface area contributed by atoms with Crippen LogP contribution in [0.5, 0.6) is 0 Å². The first-order chi connectivity index (χ1) is 7.70. The molecule has 2 heteroatoms. The molecule has 0 bridgehead atoms. The van der Waals surface area contributed by atoms with Crippen molar-refractivity contribution in [3.63, 3.8) is 0 Å². The summed E-state index contributed by atoms with van der Waals surface area (Å²) in [6.45, 7) is 6.45. The Hall–Kier alpha value is -1.28. The highest BCUT2D eigenvalue weighted by molar-refractivity contribution is 5.63. The lowest BCUT2D eigenvalue weighted by Gasteiger charge is -2.16. The minimum atomic E-state index is 0.125. The second-order valence-electron chi connectivity index (χ2n) is 4.44. The lowest BCUT2D eigenvalue weighted by molar-refractivity contribution is 0.868. The van der Waals surface area contributed by atoms with E-state index in [2.05, 4.69) is 36.1 Å². The monoisotopic (exact) mass is 216 g/mol. The SMILES string of the molecule is CCN1CCc2cc(/C=C/C(C)N)ccc21. The van der Waals surface area contributed by atoms with E-state index in [1.807, 2.05) is 13.0 Å². The number of benzene rings is 1. The molecule has 0 saturated carbocycles. The van der Waals surface area contributed by atoms with Crippen LogP contribution in [-0.2, 0) is 6.42 Å². The largest absolute Gasteiger partial charge is 0.371 e. The zero-order valence-electron chi connectivity index (χ0n) is 10.1. The highest BCUT2D eigenvalue weighted by atomic mass is 15.1. The molecule has 0 fully saturated rings. The Morgan fingerprint density at radius 1 is 1.50 bits per heavy atom. The van der Waals surface area contributed by atoms with Gasteiger partial charge in [0.2, 0.25) is 0 Å².